The highest BCUT2D eigenvalue weighted by molar-refractivity contribution is 8.01. The zero-order chi connectivity index (χ0) is 22.6. The molecule has 2 aromatic rings. The van der Waals surface area contributed by atoms with Gasteiger partial charge in [0.15, 0.2) is 5.78 Å². The highest BCUT2D eigenvalue weighted by Crippen LogP contribution is 2.37. The average molecular weight is 424 g/mol. The maximum absolute atomic E-state index is 12.4. The van der Waals surface area contributed by atoms with Crippen LogP contribution in [0.3, 0.4) is 0 Å². The molecule has 1 atom stereocenters. The summed E-state index contributed by atoms with van der Waals surface area (Å²) in [5, 5.41) is 29.1. The lowest BCUT2D eigenvalue weighted by Crippen LogP contribution is -2.36. The fourth-order valence-electron chi connectivity index (χ4n) is 2.58. The van der Waals surface area contributed by atoms with Crippen LogP contribution >= 0.6 is 11.8 Å². The van der Waals surface area contributed by atoms with Crippen LogP contribution in [0.5, 0.6) is 0 Å². The summed E-state index contributed by atoms with van der Waals surface area (Å²) in [5.41, 5.74) is 6.08. The van der Waals surface area contributed by atoms with Crippen LogP contribution in [-0.2, 0) is 9.59 Å². The third-order valence-corrected chi connectivity index (χ3v) is 5.33. The van der Waals surface area contributed by atoms with Crippen molar-refractivity contribution in [1.29, 1.82) is 10.5 Å². The number of carbonyl (C=O) groups excluding carboxylic acids is 2. The van der Waals surface area contributed by atoms with E-state index in [4.69, 9.17) is 5.73 Å². The number of nitrogens with two attached hydrogens (primary N) is 1. The molecule has 0 radical (unpaired) electrons. The molecule has 1 unspecified atom stereocenters. The Morgan fingerprint density at radius 2 is 1.77 bits per heavy atom. The molecule has 1 amide bonds. The van der Waals surface area contributed by atoms with Gasteiger partial charge in [-0.2, -0.15) is 10.5 Å². The van der Waals surface area contributed by atoms with Crippen molar-refractivity contribution in [3.63, 3.8) is 0 Å². The van der Waals surface area contributed by atoms with Crippen LogP contribution in [0, 0.1) is 32.8 Å². The molecule has 0 saturated heterocycles. The number of pyridine rings is 1. The van der Waals surface area contributed by atoms with Gasteiger partial charge in [0.1, 0.15) is 33.8 Å². The molecule has 152 valence electrons. The second-order valence-electron chi connectivity index (χ2n) is 6.30. The predicted molar refractivity (Wildman–Crippen MR) is 109 cm³/mol. The third kappa shape index (κ3) is 4.37. The largest absolute Gasteiger partial charge is 0.383 e. The summed E-state index contributed by atoms with van der Waals surface area (Å²) in [4.78, 5) is 40.1. The Morgan fingerprint density at radius 3 is 2.20 bits per heavy atom. The number of ketones is 1. The van der Waals surface area contributed by atoms with E-state index in [9.17, 15) is 30.2 Å². The fourth-order valence-corrected chi connectivity index (χ4v) is 3.69. The highest BCUT2D eigenvalue weighted by Gasteiger charge is 2.30. The molecule has 0 spiro atoms. The van der Waals surface area contributed by atoms with E-state index in [1.165, 1.54) is 50.2 Å². The number of nitrogen functional groups attached to an aromatic ring is 1. The van der Waals surface area contributed by atoms with Crippen molar-refractivity contribution in [2.45, 2.75) is 17.2 Å². The zero-order valence-electron chi connectivity index (χ0n) is 16.2. The molecular formula is C19H16N6O4S. The van der Waals surface area contributed by atoms with E-state index < -0.39 is 21.9 Å². The Hall–Kier alpha value is -3.96. The monoisotopic (exact) mass is 424 g/mol. The topological polar surface area (TPSA) is 167 Å². The number of aromatic nitrogens is 1. The fraction of sp³-hybridized carbons (Fsp3) is 0.211. The van der Waals surface area contributed by atoms with E-state index in [-0.39, 0.29) is 33.2 Å². The number of hydrogen-bond donors (Lipinski definition) is 1. The number of thioether (sulfide) groups is 1. The molecule has 0 bridgehead atoms. The lowest BCUT2D eigenvalue weighted by molar-refractivity contribution is -0.384. The van der Waals surface area contributed by atoms with Gasteiger partial charge in [0.25, 0.3) is 5.69 Å². The molecule has 0 aliphatic carbocycles. The Kier molecular flexibility index (Phi) is 6.72. The molecule has 1 aromatic carbocycles. The van der Waals surface area contributed by atoms with Gasteiger partial charge >= 0.3 is 0 Å². The smallest absolute Gasteiger partial charge is 0.269 e. The minimum atomic E-state index is -1.16. The molecule has 0 aliphatic heterocycles. The summed E-state index contributed by atoms with van der Waals surface area (Å²) >= 11 is 0.763. The van der Waals surface area contributed by atoms with Gasteiger partial charge in [-0.15, -0.1) is 0 Å². The molecule has 30 heavy (non-hydrogen) atoms. The Bertz CT molecular complexity index is 1120. The van der Waals surface area contributed by atoms with Crippen molar-refractivity contribution in [3.8, 4) is 23.3 Å². The summed E-state index contributed by atoms with van der Waals surface area (Å²) in [7, 11) is 2.99. The minimum Gasteiger partial charge on any atom is -0.383 e. The van der Waals surface area contributed by atoms with Gasteiger partial charge in [-0.1, -0.05) is 11.8 Å². The summed E-state index contributed by atoms with van der Waals surface area (Å²) in [6.45, 7) is 1.25. The molecule has 2 N–H and O–H groups in total. The lowest BCUT2D eigenvalue weighted by atomic mass is 9.96. The van der Waals surface area contributed by atoms with Crippen molar-refractivity contribution in [1.82, 2.24) is 9.88 Å². The standard InChI is InChI=1S/C19H16N6O4S/c1-10(26)16(19(27)24(2)3)30-18-14(9-21)15(13(8-20)17(22)23-18)11-4-6-12(7-5-11)25(28)29/h4-7,16H,1-3H3,(H2,22,23). The first-order chi connectivity index (χ1) is 14.1. The van der Waals surface area contributed by atoms with Crippen LogP contribution in [0.2, 0.25) is 0 Å². The SMILES string of the molecule is CC(=O)C(Sc1nc(N)c(C#N)c(-c2ccc([N+](=O)[O-])cc2)c1C#N)C(=O)N(C)C. The zero-order valence-corrected chi connectivity index (χ0v) is 17.1. The van der Waals surface area contributed by atoms with E-state index >= 15 is 0 Å². The first kappa shape index (κ1) is 22.3. The first-order valence-electron chi connectivity index (χ1n) is 8.39. The predicted octanol–water partition coefficient (Wildman–Crippen LogP) is 2.12. The van der Waals surface area contributed by atoms with Gasteiger partial charge in [0.05, 0.1) is 10.5 Å². The number of nitro groups is 1. The van der Waals surface area contributed by atoms with Crippen LogP contribution in [-0.4, -0.2) is 45.8 Å². The van der Waals surface area contributed by atoms with Crippen molar-refractivity contribution < 1.29 is 14.5 Å². The number of Topliss-reactive ketones (excluding diaryl/α,β-unsaturated/α-hetero) is 1. The lowest BCUT2D eigenvalue weighted by Gasteiger charge is -2.19. The number of carbonyl (C=O) groups is 2. The highest BCUT2D eigenvalue weighted by atomic mass is 32.2. The van der Waals surface area contributed by atoms with Gasteiger partial charge in [-0.05, 0) is 24.6 Å². The molecule has 1 heterocycles. The normalized spacial score (nSPS) is 11.1. The number of nitriles is 2. The summed E-state index contributed by atoms with van der Waals surface area (Å²) < 4.78 is 0. The number of anilines is 1. The van der Waals surface area contributed by atoms with Crippen molar-refractivity contribution in [2.24, 2.45) is 0 Å². The van der Waals surface area contributed by atoms with Crippen LogP contribution in [0.1, 0.15) is 18.1 Å². The van der Waals surface area contributed by atoms with Crippen molar-refractivity contribution in [3.05, 3.63) is 45.5 Å². The minimum absolute atomic E-state index is 0.0118. The summed E-state index contributed by atoms with van der Waals surface area (Å²) in [5.74, 6) is -1.12. The number of benzene rings is 1. The molecule has 11 heteroatoms. The molecule has 2 rings (SSSR count). The first-order valence-corrected chi connectivity index (χ1v) is 9.27. The second kappa shape index (κ2) is 9.03. The average Bonchev–Trinajstić information content (AvgIpc) is 2.70. The summed E-state index contributed by atoms with van der Waals surface area (Å²) in [6.07, 6.45) is 0. The molecule has 0 aliphatic rings. The van der Waals surface area contributed by atoms with Gasteiger partial charge in [0.2, 0.25) is 5.91 Å². The van der Waals surface area contributed by atoms with Gasteiger partial charge in [-0.25, -0.2) is 4.98 Å². The second-order valence-corrected chi connectivity index (χ2v) is 7.39. The molecule has 10 nitrogen and oxygen atoms in total. The van der Waals surface area contributed by atoms with Crippen molar-refractivity contribution in [2.75, 3.05) is 19.8 Å². The van der Waals surface area contributed by atoms with Crippen molar-refractivity contribution >= 4 is 35.0 Å². The number of amides is 1. The maximum Gasteiger partial charge on any atom is 0.269 e. The number of hydrogen-bond acceptors (Lipinski definition) is 9. The number of rotatable bonds is 6. The van der Waals surface area contributed by atoms with E-state index in [0.717, 1.165) is 11.8 Å². The number of nitro benzene ring substituents is 1. The van der Waals surface area contributed by atoms with E-state index in [2.05, 4.69) is 4.98 Å². The summed E-state index contributed by atoms with van der Waals surface area (Å²) in [6, 6.07) is 9.08. The van der Waals surface area contributed by atoms with Crippen LogP contribution in [0.4, 0.5) is 11.5 Å². The Balaban J connectivity index is 2.72. The van der Waals surface area contributed by atoms with Crippen LogP contribution in [0.25, 0.3) is 11.1 Å². The quantitative estimate of drug-likeness (QED) is 0.316. The van der Waals surface area contributed by atoms with Gasteiger partial charge < -0.3 is 10.6 Å². The van der Waals surface area contributed by atoms with E-state index in [1.54, 1.807) is 0 Å². The molecule has 0 fully saturated rings. The van der Waals surface area contributed by atoms with E-state index in [1.807, 2.05) is 12.1 Å². The number of non-ortho nitro benzene ring substituents is 1. The van der Waals surface area contributed by atoms with E-state index in [0.29, 0.717) is 5.56 Å². The maximum atomic E-state index is 12.4. The molecular weight excluding hydrogens is 408 g/mol. The molecule has 1 aromatic heterocycles. The number of nitrogens with zero attached hydrogens (tertiary/aromatic N) is 5. The third-order valence-electron chi connectivity index (χ3n) is 4.05. The Labute approximate surface area is 176 Å². The molecule has 0 saturated carbocycles. The van der Waals surface area contributed by atoms with Gasteiger partial charge in [0, 0.05) is 31.8 Å². The Morgan fingerprint density at radius 1 is 1.20 bits per heavy atom. The van der Waals surface area contributed by atoms with Crippen LogP contribution in [0.15, 0.2) is 29.3 Å². The van der Waals surface area contributed by atoms with Crippen LogP contribution < -0.4 is 5.73 Å². The van der Waals surface area contributed by atoms with Gasteiger partial charge in [-0.3, -0.25) is 19.7 Å².